The van der Waals surface area contributed by atoms with Crippen LogP contribution in [0.2, 0.25) is 0 Å². The van der Waals surface area contributed by atoms with Crippen LogP contribution in [0.5, 0.6) is 5.75 Å². The molecule has 1 N–H and O–H groups in total. The molecule has 2 aromatic heterocycles. The van der Waals surface area contributed by atoms with Crippen LogP contribution < -0.4 is 10.2 Å². The molecule has 2 heterocycles. The van der Waals surface area contributed by atoms with Crippen molar-refractivity contribution in [2.75, 3.05) is 12.4 Å². The summed E-state index contributed by atoms with van der Waals surface area (Å²) >= 11 is 1.57. The Balaban J connectivity index is 1.44. The molecule has 1 aromatic carbocycles. The number of aromatic nitrogens is 1. The highest BCUT2D eigenvalue weighted by molar-refractivity contribution is 7.99. The molecule has 30 heavy (non-hydrogen) atoms. The topological polar surface area (TPSA) is 72.6 Å². The second-order valence-corrected chi connectivity index (χ2v) is 7.67. The maximum absolute atomic E-state index is 12.9. The average molecular weight is 439 g/mol. The van der Waals surface area contributed by atoms with Gasteiger partial charge < -0.3 is 14.3 Å². The van der Waals surface area contributed by atoms with Gasteiger partial charge in [0.15, 0.2) is 0 Å². The number of benzene rings is 1. The number of nitrogens with zero attached hydrogens (tertiary/aromatic N) is 1. The molecule has 0 aliphatic rings. The van der Waals surface area contributed by atoms with Gasteiger partial charge in [0.05, 0.1) is 17.7 Å². The van der Waals surface area contributed by atoms with Crippen LogP contribution in [-0.2, 0) is 12.8 Å². The molecular weight excluding hydrogens is 419 g/mol. The third-order valence-electron chi connectivity index (χ3n) is 4.34. The van der Waals surface area contributed by atoms with Crippen LogP contribution in [0.25, 0.3) is 10.9 Å². The van der Waals surface area contributed by atoms with E-state index in [-0.39, 0.29) is 23.5 Å². The Labute approximate surface area is 174 Å². The number of halogens is 3. The van der Waals surface area contributed by atoms with Crippen LogP contribution in [0.15, 0.2) is 56.9 Å². The Morgan fingerprint density at radius 1 is 1.13 bits per heavy atom. The molecular formula is C21H20F3NO4S. The molecule has 0 bridgehead atoms. The molecule has 3 rings (SSSR count). The van der Waals surface area contributed by atoms with Gasteiger partial charge in [-0.3, -0.25) is 9.78 Å². The van der Waals surface area contributed by atoms with Gasteiger partial charge in [0, 0.05) is 22.5 Å². The summed E-state index contributed by atoms with van der Waals surface area (Å²) in [7, 11) is 0. The minimum Gasteiger partial charge on any atom is -0.487 e. The molecule has 9 heteroatoms. The standard InChI is InChI=1S/C21H20F3NO4S/c22-21(23,24)14-4-5-16-17(10-14)25-7-6-20(16)30-9-3-1-2-8-28-19-13-29-15(12-26)11-18(19)27/h4-7,10-11,13,26H,1-3,8-9,12H2. The molecule has 3 aromatic rings. The fraction of sp³-hybridized carbons (Fsp3) is 0.333. The first-order chi connectivity index (χ1) is 14.4. The lowest BCUT2D eigenvalue weighted by Crippen LogP contribution is -2.09. The van der Waals surface area contributed by atoms with Crippen LogP contribution in [-0.4, -0.2) is 22.5 Å². The van der Waals surface area contributed by atoms with E-state index >= 15 is 0 Å². The normalized spacial score (nSPS) is 11.7. The molecule has 0 aliphatic carbocycles. The van der Waals surface area contributed by atoms with Crippen molar-refractivity contribution in [2.24, 2.45) is 0 Å². The van der Waals surface area contributed by atoms with Crippen molar-refractivity contribution in [3.05, 3.63) is 64.3 Å². The van der Waals surface area contributed by atoms with Gasteiger partial charge in [-0.1, -0.05) is 6.07 Å². The Hall–Kier alpha value is -2.52. The summed E-state index contributed by atoms with van der Waals surface area (Å²) in [6, 6.07) is 6.62. The van der Waals surface area contributed by atoms with Crippen molar-refractivity contribution in [2.45, 2.75) is 36.9 Å². The van der Waals surface area contributed by atoms with Gasteiger partial charge in [0.1, 0.15) is 18.6 Å². The molecule has 5 nitrogen and oxygen atoms in total. The number of rotatable bonds is 9. The fourth-order valence-electron chi connectivity index (χ4n) is 2.80. The molecule has 0 radical (unpaired) electrons. The van der Waals surface area contributed by atoms with Crippen LogP contribution in [0.4, 0.5) is 13.2 Å². The van der Waals surface area contributed by atoms with E-state index in [9.17, 15) is 18.0 Å². The summed E-state index contributed by atoms with van der Waals surface area (Å²) in [5.74, 6) is 1.10. The number of unbranched alkanes of at least 4 members (excludes halogenated alkanes) is 2. The number of hydrogen-bond acceptors (Lipinski definition) is 6. The van der Waals surface area contributed by atoms with Crippen LogP contribution in [0, 0.1) is 0 Å². The van der Waals surface area contributed by atoms with E-state index in [1.165, 1.54) is 24.6 Å². The lowest BCUT2D eigenvalue weighted by atomic mass is 10.1. The lowest BCUT2D eigenvalue weighted by molar-refractivity contribution is -0.137. The smallest absolute Gasteiger partial charge is 0.416 e. The fourth-order valence-corrected chi connectivity index (χ4v) is 3.85. The molecule has 0 saturated carbocycles. The van der Waals surface area contributed by atoms with Gasteiger partial charge in [-0.05, 0) is 43.2 Å². The van der Waals surface area contributed by atoms with Gasteiger partial charge in [-0.15, -0.1) is 11.8 Å². The Kier molecular flexibility index (Phi) is 7.38. The highest BCUT2D eigenvalue weighted by Crippen LogP contribution is 2.33. The number of hydrogen-bond donors (Lipinski definition) is 1. The predicted molar refractivity (Wildman–Crippen MR) is 108 cm³/mol. The molecule has 160 valence electrons. The van der Waals surface area contributed by atoms with Crippen LogP contribution >= 0.6 is 11.8 Å². The summed E-state index contributed by atoms with van der Waals surface area (Å²) in [4.78, 5) is 16.7. The summed E-state index contributed by atoms with van der Waals surface area (Å²) in [5, 5.41) is 9.62. The van der Waals surface area contributed by atoms with Gasteiger partial charge in [0.25, 0.3) is 0 Å². The Morgan fingerprint density at radius 3 is 2.70 bits per heavy atom. The predicted octanol–water partition coefficient (Wildman–Crippen LogP) is 5.04. The van der Waals surface area contributed by atoms with Crippen molar-refractivity contribution in [3.63, 3.8) is 0 Å². The van der Waals surface area contributed by atoms with Gasteiger partial charge in [-0.2, -0.15) is 13.2 Å². The van der Waals surface area contributed by atoms with Crippen LogP contribution in [0.1, 0.15) is 30.6 Å². The van der Waals surface area contributed by atoms with E-state index < -0.39 is 11.7 Å². The Morgan fingerprint density at radius 2 is 1.97 bits per heavy atom. The van der Waals surface area contributed by atoms with Crippen molar-refractivity contribution in [1.82, 2.24) is 4.98 Å². The molecule has 0 fully saturated rings. The van der Waals surface area contributed by atoms with Crippen molar-refractivity contribution in [3.8, 4) is 5.75 Å². The van der Waals surface area contributed by atoms with E-state index in [0.717, 1.165) is 42.0 Å². The zero-order chi connectivity index (χ0) is 21.6. The number of ether oxygens (including phenoxy) is 1. The first kappa shape index (κ1) is 22.2. The zero-order valence-electron chi connectivity index (χ0n) is 15.9. The third kappa shape index (κ3) is 5.76. The van der Waals surface area contributed by atoms with Crippen molar-refractivity contribution in [1.29, 1.82) is 0 Å². The molecule has 0 aliphatic heterocycles. The number of alkyl halides is 3. The molecule has 0 saturated heterocycles. The zero-order valence-corrected chi connectivity index (χ0v) is 16.8. The van der Waals surface area contributed by atoms with Gasteiger partial charge in [-0.25, -0.2) is 0 Å². The summed E-state index contributed by atoms with van der Waals surface area (Å²) in [5.41, 5.74) is -0.710. The highest BCUT2D eigenvalue weighted by Gasteiger charge is 2.30. The molecule has 0 unspecified atom stereocenters. The third-order valence-corrected chi connectivity index (χ3v) is 5.50. The number of thioether (sulfide) groups is 1. The molecule has 0 atom stereocenters. The minimum absolute atomic E-state index is 0.114. The quantitative estimate of drug-likeness (QED) is 0.372. The average Bonchev–Trinajstić information content (AvgIpc) is 2.73. The minimum atomic E-state index is -4.39. The summed E-state index contributed by atoms with van der Waals surface area (Å²) in [6.45, 7) is 0.0236. The van der Waals surface area contributed by atoms with E-state index in [2.05, 4.69) is 4.98 Å². The van der Waals surface area contributed by atoms with Crippen molar-refractivity contribution >= 4 is 22.7 Å². The SMILES string of the molecule is O=c1cc(CO)occ1OCCCCCSc1ccnc2cc(C(F)(F)F)ccc12. The first-order valence-electron chi connectivity index (χ1n) is 9.32. The van der Waals surface area contributed by atoms with Gasteiger partial charge in [0.2, 0.25) is 11.2 Å². The Bertz CT molecular complexity index is 1050. The number of aliphatic hydroxyl groups is 1. The number of fused-ring (bicyclic) bond motifs is 1. The van der Waals surface area contributed by atoms with Crippen molar-refractivity contribution < 1.29 is 27.4 Å². The number of aliphatic hydroxyl groups excluding tert-OH is 1. The molecule has 0 spiro atoms. The van der Waals surface area contributed by atoms with E-state index in [1.807, 2.05) is 0 Å². The largest absolute Gasteiger partial charge is 0.487 e. The highest BCUT2D eigenvalue weighted by atomic mass is 32.2. The van der Waals surface area contributed by atoms with E-state index in [1.54, 1.807) is 17.8 Å². The maximum Gasteiger partial charge on any atom is 0.416 e. The molecule has 0 amide bonds. The second kappa shape index (κ2) is 9.99. The monoisotopic (exact) mass is 439 g/mol. The van der Waals surface area contributed by atoms with E-state index in [0.29, 0.717) is 17.5 Å². The number of pyridine rings is 1. The van der Waals surface area contributed by atoms with Gasteiger partial charge >= 0.3 is 6.18 Å². The summed E-state index contributed by atoms with van der Waals surface area (Å²) < 4.78 is 49.0. The maximum atomic E-state index is 12.9. The van der Waals surface area contributed by atoms with E-state index in [4.69, 9.17) is 14.3 Å². The second-order valence-electron chi connectivity index (χ2n) is 6.53. The lowest BCUT2D eigenvalue weighted by Gasteiger charge is -2.10. The summed E-state index contributed by atoms with van der Waals surface area (Å²) in [6.07, 6.45) is 0.830. The van der Waals surface area contributed by atoms with Crippen LogP contribution in [0.3, 0.4) is 0 Å². The first-order valence-corrected chi connectivity index (χ1v) is 10.3.